The molecule has 0 saturated carbocycles. The summed E-state index contributed by atoms with van der Waals surface area (Å²) in [6.07, 6.45) is 1.42. The highest BCUT2D eigenvalue weighted by Crippen LogP contribution is 2.16. The minimum atomic E-state index is -0.601. The van der Waals surface area contributed by atoms with E-state index in [4.69, 9.17) is 4.74 Å². The first kappa shape index (κ1) is 17.3. The third-order valence-electron chi connectivity index (χ3n) is 3.70. The highest BCUT2D eigenvalue weighted by Gasteiger charge is 2.12. The van der Waals surface area contributed by atoms with E-state index in [1.165, 1.54) is 11.0 Å². The topological polar surface area (TPSA) is 99.0 Å². The van der Waals surface area contributed by atoms with Crippen LogP contribution in [-0.2, 0) is 9.53 Å². The molecule has 0 aliphatic carbocycles. The minimum absolute atomic E-state index is 0.303. The molecule has 26 heavy (non-hydrogen) atoms. The van der Waals surface area contributed by atoms with E-state index in [2.05, 4.69) is 20.8 Å². The van der Waals surface area contributed by atoms with Crippen LogP contribution in [0.25, 0.3) is 5.69 Å². The minimum Gasteiger partial charge on any atom is -0.452 e. The van der Waals surface area contributed by atoms with E-state index in [9.17, 15) is 9.59 Å². The fourth-order valence-electron chi connectivity index (χ4n) is 2.33. The molecule has 3 aromatic rings. The summed E-state index contributed by atoms with van der Waals surface area (Å²) in [6.45, 7) is 3.46. The van der Waals surface area contributed by atoms with Gasteiger partial charge < -0.3 is 10.1 Å². The Kier molecular flexibility index (Phi) is 5.02. The van der Waals surface area contributed by atoms with Gasteiger partial charge in [0.05, 0.1) is 11.3 Å². The SMILES string of the molecule is Cc1ccc(C)c(NC(=O)COC(=O)c2cccc(-n3cnnn3)c2)c1. The van der Waals surface area contributed by atoms with E-state index in [1.54, 1.807) is 24.3 Å². The Hall–Kier alpha value is -3.55. The lowest BCUT2D eigenvalue weighted by Gasteiger charge is -2.10. The number of benzene rings is 2. The molecule has 0 aliphatic heterocycles. The van der Waals surface area contributed by atoms with Crippen LogP contribution in [0.15, 0.2) is 48.8 Å². The number of ether oxygens (including phenoxy) is 1. The average molecular weight is 351 g/mol. The van der Waals surface area contributed by atoms with E-state index < -0.39 is 11.9 Å². The Balaban J connectivity index is 1.61. The van der Waals surface area contributed by atoms with Crippen LogP contribution in [0, 0.1) is 13.8 Å². The highest BCUT2D eigenvalue weighted by atomic mass is 16.5. The van der Waals surface area contributed by atoms with Gasteiger partial charge in [0, 0.05) is 5.69 Å². The number of hydrogen-bond donors (Lipinski definition) is 1. The summed E-state index contributed by atoms with van der Waals surface area (Å²) < 4.78 is 6.51. The van der Waals surface area contributed by atoms with Crippen LogP contribution in [0.1, 0.15) is 21.5 Å². The Morgan fingerprint density at radius 2 is 2.00 bits per heavy atom. The van der Waals surface area contributed by atoms with Gasteiger partial charge in [-0.05, 0) is 59.7 Å². The van der Waals surface area contributed by atoms with Crippen molar-refractivity contribution in [3.05, 3.63) is 65.5 Å². The van der Waals surface area contributed by atoms with Gasteiger partial charge in [0.15, 0.2) is 6.61 Å². The number of aryl methyl sites for hydroxylation is 2. The van der Waals surface area contributed by atoms with Crippen molar-refractivity contribution >= 4 is 17.6 Å². The maximum absolute atomic E-state index is 12.2. The number of carbonyl (C=O) groups excluding carboxylic acids is 2. The summed E-state index contributed by atoms with van der Waals surface area (Å²) >= 11 is 0. The lowest BCUT2D eigenvalue weighted by Crippen LogP contribution is -2.21. The number of tetrazole rings is 1. The summed E-state index contributed by atoms with van der Waals surface area (Å²) in [5.74, 6) is -1.00. The second kappa shape index (κ2) is 7.56. The Morgan fingerprint density at radius 3 is 2.77 bits per heavy atom. The summed E-state index contributed by atoms with van der Waals surface area (Å²) in [5.41, 5.74) is 3.58. The van der Waals surface area contributed by atoms with Gasteiger partial charge in [-0.3, -0.25) is 4.79 Å². The zero-order chi connectivity index (χ0) is 18.5. The second-order valence-corrected chi connectivity index (χ2v) is 5.75. The second-order valence-electron chi connectivity index (χ2n) is 5.75. The van der Waals surface area contributed by atoms with Crippen molar-refractivity contribution in [1.82, 2.24) is 20.2 Å². The third-order valence-corrected chi connectivity index (χ3v) is 3.70. The standard InChI is InChI=1S/C18H17N5O3/c1-12-6-7-13(2)16(8-12)20-17(24)10-26-18(25)14-4-3-5-15(9-14)23-11-19-21-22-23/h3-9,11H,10H2,1-2H3,(H,20,24). The van der Waals surface area contributed by atoms with E-state index in [1.807, 2.05) is 32.0 Å². The van der Waals surface area contributed by atoms with Crippen LogP contribution < -0.4 is 5.32 Å². The van der Waals surface area contributed by atoms with Gasteiger partial charge in [0.1, 0.15) is 6.33 Å². The Morgan fingerprint density at radius 1 is 1.15 bits per heavy atom. The maximum atomic E-state index is 12.2. The molecular formula is C18H17N5O3. The van der Waals surface area contributed by atoms with Gasteiger partial charge in [0.2, 0.25) is 0 Å². The van der Waals surface area contributed by atoms with Crippen molar-refractivity contribution < 1.29 is 14.3 Å². The van der Waals surface area contributed by atoms with Gasteiger partial charge in [-0.1, -0.05) is 18.2 Å². The van der Waals surface area contributed by atoms with Gasteiger partial charge >= 0.3 is 5.97 Å². The molecule has 8 heteroatoms. The van der Waals surface area contributed by atoms with Crippen molar-refractivity contribution in [2.45, 2.75) is 13.8 Å². The van der Waals surface area contributed by atoms with Crippen LogP contribution in [0.3, 0.4) is 0 Å². The fraction of sp³-hybridized carbons (Fsp3) is 0.167. The quantitative estimate of drug-likeness (QED) is 0.707. The smallest absolute Gasteiger partial charge is 0.338 e. The number of hydrogen-bond acceptors (Lipinski definition) is 6. The Bertz CT molecular complexity index is 938. The van der Waals surface area contributed by atoms with Gasteiger partial charge in [-0.25, -0.2) is 9.48 Å². The lowest BCUT2D eigenvalue weighted by molar-refractivity contribution is -0.119. The number of nitrogens with one attached hydrogen (secondary N) is 1. The fourth-order valence-corrected chi connectivity index (χ4v) is 2.33. The van der Waals surface area contributed by atoms with Gasteiger partial charge in [-0.15, -0.1) is 5.10 Å². The Labute approximate surface area is 149 Å². The van der Waals surface area contributed by atoms with Crippen molar-refractivity contribution in [1.29, 1.82) is 0 Å². The van der Waals surface area contributed by atoms with Crippen LogP contribution >= 0.6 is 0 Å². The van der Waals surface area contributed by atoms with Crippen molar-refractivity contribution in [3.8, 4) is 5.69 Å². The summed E-state index contributed by atoms with van der Waals surface area (Å²) in [5, 5.41) is 13.6. The predicted octanol–water partition coefficient (Wildman–Crippen LogP) is 2.07. The van der Waals surface area contributed by atoms with Crippen LogP contribution in [0.4, 0.5) is 5.69 Å². The van der Waals surface area contributed by atoms with Crippen LogP contribution in [-0.4, -0.2) is 38.7 Å². The monoisotopic (exact) mass is 351 g/mol. The molecule has 2 aromatic carbocycles. The zero-order valence-electron chi connectivity index (χ0n) is 14.3. The average Bonchev–Trinajstić information content (AvgIpc) is 3.17. The number of carbonyl (C=O) groups is 2. The van der Waals surface area contributed by atoms with E-state index in [0.717, 1.165) is 11.1 Å². The van der Waals surface area contributed by atoms with Crippen molar-refractivity contribution in [2.24, 2.45) is 0 Å². The van der Waals surface area contributed by atoms with Crippen LogP contribution in [0.5, 0.6) is 0 Å². The maximum Gasteiger partial charge on any atom is 0.338 e. The number of rotatable bonds is 5. The number of amides is 1. The molecule has 0 aliphatic rings. The molecule has 1 aromatic heterocycles. The summed E-state index contributed by atoms with van der Waals surface area (Å²) in [6, 6.07) is 12.4. The number of nitrogens with zero attached hydrogens (tertiary/aromatic N) is 4. The van der Waals surface area contributed by atoms with E-state index in [-0.39, 0.29) is 6.61 Å². The first-order chi connectivity index (χ1) is 12.5. The molecule has 3 rings (SSSR count). The molecule has 0 atom stereocenters. The van der Waals surface area contributed by atoms with E-state index >= 15 is 0 Å². The summed E-state index contributed by atoms with van der Waals surface area (Å²) in [4.78, 5) is 24.2. The highest BCUT2D eigenvalue weighted by molar-refractivity contribution is 5.96. The zero-order valence-corrected chi connectivity index (χ0v) is 14.3. The molecule has 1 amide bonds. The third kappa shape index (κ3) is 4.10. The molecule has 0 bridgehead atoms. The van der Waals surface area contributed by atoms with E-state index in [0.29, 0.717) is 16.9 Å². The molecule has 1 N–H and O–H groups in total. The molecule has 0 fully saturated rings. The molecule has 0 saturated heterocycles. The molecular weight excluding hydrogens is 334 g/mol. The first-order valence-electron chi connectivity index (χ1n) is 7.90. The normalized spacial score (nSPS) is 10.4. The molecule has 132 valence electrons. The first-order valence-corrected chi connectivity index (χ1v) is 7.90. The molecule has 0 radical (unpaired) electrons. The molecule has 0 unspecified atom stereocenters. The molecule has 0 spiro atoms. The predicted molar refractivity (Wildman–Crippen MR) is 94.0 cm³/mol. The number of aromatic nitrogens is 4. The van der Waals surface area contributed by atoms with Crippen molar-refractivity contribution in [3.63, 3.8) is 0 Å². The van der Waals surface area contributed by atoms with Gasteiger partial charge in [-0.2, -0.15) is 0 Å². The van der Waals surface area contributed by atoms with Crippen molar-refractivity contribution in [2.75, 3.05) is 11.9 Å². The largest absolute Gasteiger partial charge is 0.452 e. The van der Waals surface area contributed by atoms with Crippen LogP contribution in [0.2, 0.25) is 0 Å². The molecule has 8 nitrogen and oxygen atoms in total. The summed E-state index contributed by atoms with van der Waals surface area (Å²) in [7, 11) is 0. The van der Waals surface area contributed by atoms with Gasteiger partial charge in [0.25, 0.3) is 5.91 Å². The lowest BCUT2D eigenvalue weighted by atomic mass is 10.1. The number of anilines is 1. The number of esters is 1. The molecule has 1 heterocycles.